The van der Waals surface area contributed by atoms with Gasteiger partial charge in [-0.05, 0) is 24.3 Å². The summed E-state index contributed by atoms with van der Waals surface area (Å²) in [7, 11) is 3.05. The number of amides is 2. The van der Waals surface area contributed by atoms with Crippen LogP contribution in [0, 0.1) is 0 Å². The van der Waals surface area contributed by atoms with Crippen LogP contribution in [0.5, 0.6) is 11.5 Å². The summed E-state index contributed by atoms with van der Waals surface area (Å²) in [4.78, 5) is 29.7. The monoisotopic (exact) mass is 474 g/mol. The van der Waals surface area contributed by atoms with Crippen molar-refractivity contribution in [3.05, 3.63) is 58.3 Å². The van der Waals surface area contributed by atoms with Crippen molar-refractivity contribution in [3.8, 4) is 11.5 Å². The van der Waals surface area contributed by atoms with Crippen LogP contribution in [-0.4, -0.2) is 34.7 Å². The zero-order valence-electron chi connectivity index (χ0n) is 15.8. The summed E-state index contributed by atoms with van der Waals surface area (Å²) in [5, 5.41) is 0. The van der Waals surface area contributed by atoms with Crippen LogP contribution < -0.4 is 19.3 Å². The Morgan fingerprint density at radius 3 is 1.43 bits per heavy atom. The Hall–Kier alpha value is -2.40. The maximum absolute atomic E-state index is 13.2. The molecule has 0 saturated carbocycles. The van der Waals surface area contributed by atoms with Crippen LogP contribution in [0.15, 0.2) is 58.3 Å². The summed E-state index contributed by atoms with van der Waals surface area (Å²) in [6.07, 6.45) is 0. The SMILES string of the molecule is COc1ccccc1N1C(=O)C(=C2SC(=S)N(c3ccccc3OC)C2=O)SC1=S. The lowest BCUT2D eigenvalue weighted by molar-refractivity contribution is -0.115. The molecular weight excluding hydrogens is 460 g/mol. The van der Waals surface area contributed by atoms with E-state index in [2.05, 4.69) is 0 Å². The minimum absolute atomic E-state index is 0.251. The molecule has 2 aromatic carbocycles. The predicted molar refractivity (Wildman–Crippen MR) is 128 cm³/mol. The zero-order chi connectivity index (χ0) is 21.4. The third-order valence-electron chi connectivity index (χ3n) is 4.40. The molecule has 152 valence electrons. The number of anilines is 2. The molecule has 4 rings (SSSR count). The van der Waals surface area contributed by atoms with Crippen molar-refractivity contribution in [3.63, 3.8) is 0 Å². The molecule has 0 unspecified atom stereocenters. The first kappa shape index (κ1) is 20.9. The molecule has 10 heteroatoms. The molecule has 0 N–H and O–H groups in total. The highest BCUT2D eigenvalue weighted by atomic mass is 32.2. The molecule has 0 aliphatic carbocycles. The average molecular weight is 475 g/mol. The smallest absolute Gasteiger partial charge is 0.272 e. The van der Waals surface area contributed by atoms with Crippen molar-refractivity contribution in [1.82, 2.24) is 0 Å². The van der Waals surface area contributed by atoms with Crippen LogP contribution in [0.25, 0.3) is 0 Å². The summed E-state index contributed by atoms with van der Waals surface area (Å²) in [6.45, 7) is 0. The van der Waals surface area contributed by atoms with Crippen molar-refractivity contribution >= 4 is 79.8 Å². The van der Waals surface area contributed by atoms with Crippen molar-refractivity contribution in [1.29, 1.82) is 0 Å². The Morgan fingerprint density at radius 1 is 0.700 bits per heavy atom. The van der Waals surface area contributed by atoms with Gasteiger partial charge < -0.3 is 9.47 Å². The average Bonchev–Trinajstić information content (AvgIpc) is 3.21. The molecule has 0 atom stereocenters. The number of para-hydroxylation sites is 4. The van der Waals surface area contributed by atoms with Crippen molar-refractivity contribution in [2.24, 2.45) is 0 Å². The first-order valence-electron chi connectivity index (χ1n) is 8.60. The van der Waals surface area contributed by atoms with E-state index in [0.717, 1.165) is 23.5 Å². The summed E-state index contributed by atoms with van der Waals surface area (Å²) in [6, 6.07) is 14.2. The second-order valence-electron chi connectivity index (χ2n) is 6.02. The number of hydrogen-bond acceptors (Lipinski definition) is 8. The van der Waals surface area contributed by atoms with Crippen molar-refractivity contribution < 1.29 is 19.1 Å². The topological polar surface area (TPSA) is 59.1 Å². The van der Waals surface area contributed by atoms with Crippen LogP contribution in [-0.2, 0) is 9.59 Å². The number of rotatable bonds is 4. The molecule has 0 radical (unpaired) electrons. The molecule has 2 fully saturated rings. The molecule has 2 saturated heterocycles. The Bertz CT molecular complexity index is 1040. The standard InChI is InChI=1S/C20H14N2O4S4/c1-25-13-9-5-3-7-11(13)21-17(23)15(29-19(21)27)16-18(24)22(20(28)30-16)12-8-4-6-10-14(12)26-2/h3-10H,1-2H3. The maximum Gasteiger partial charge on any atom is 0.272 e. The van der Waals surface area contributed by atoms with Crippen molar-refractivity contribution in [2.45, 2.75) is 0 Å². The quantitative estimate of drug-likeness (QED) is 0.479. The van der Waals surface area contributed by atoms with Gasteiger partial charge in [0.05, 0.1) is 35.4 Å². The van der Waals surface area contributed by atoms with Gasteiger partial charge in [0.1, 0.15) is 11.5 Å². The van der Waals surface area contributed by atoms with Gasteiger partial charge in [-0.25, -0.2) is 0 Å². The lowest BCUT2D eigenvalue weighted by Gasteiger charge is -2.18. The summed E-state index contributed by atoms with van der Waals surface area (Å²) >= 11 is 13.0. The first-order chi connectivity index (χ1) is 14.5. The molecule has 0 bridgehead atoms. The number of methoxy groups -OCH3 is 2. The highest BCUT2D eigenvalue weighted by molar-refractivity contribution is 8.30. The summed E-state index contributed by atoms with van der Waals surface area (Å²) in [5.74, 6) is 0.262. The van der Waals surface area contributed by atoms with E-state index in [1.807, 2.05) is 0 Å². The second kappa shape index (κ2) is 8.38. The van der Waals surface area contributed by atoms with E-state index < -0.39 is 0 Å². The lowest BCUT2D eigenvalue weighted by Crippen LogP contribution is -2.30. The van der Waals surface area contributed by atoms with E-state index in [4.69, 9.17) is 33.9 Å². The predicted octanol–water partition coefficient (Wildman–Crippen LogP) is 4.35. The molecule has 0 aromatic heterocycles. The largest absolute Gasteiger partial charge is 0.495 e. The number of ether oxygens (including phenoxy) is 2. The van der Waals surface area contributed by atoms with Gasteiger partial charge in [-0.1, -0.05) is 72.2 Å². The van der Waals surface area contributed by atoms with Crippen LogP contribution >= 0.6 is 48.0 Å². The maximum atomic E-state index is 13.2. The molecule has 2 aromatic rings. The molecule has 0 spiro atoms. The number of thiocarbonyl (C=S) groups is 2. The Labute approximate surface area is 192 Å². The van der Waals surface area contributed by atoms with E-state index in [9.17, 15) is 9.59 Å². The molecule has 2 aliphatic rings. The summed E-state index contributed by atoms with van der Waals surface area (Å²) < 4.78 is 11.4. The van der Waals surface area contributed by atoms with E-state index >= 15 is 0 Å². The lowest BCUT2D eigenvalue weighted by atomic mass is 10.2. The number of carbonyl (C=O) groups is 2. The van der Waals surface area contributed by atoms with Gasteiger partial charge in [0, 0.05) is 0 Å². The molecule has 2 amide bonds. The fourth-order valence-electron chi connectivity index (χ4n) is 3.05. The Kier molecular flexibility index (Phi) is 5.83. The normalized spacial score (nSPS) is 19.1. The molecule has 30 heavy (non-hydrogen) atoms. The summed E-state index contributed by atoms with van der Waals surface area (Å²) in [5.41, 5.74) is 1.05. The van der Waals surface area contributed by atoms with E-state index in [1.165, 1.54) is 24.0 Å². The highest BCUT2D eigenvalue weighted by Crippen LogP contribution is 2.46. The molecule has 2 aliphatic heterocycles. The van der Waals surface area contributed by atoms with Gasteiger partial charge in [0.2, 0.25) is 0 Å². The fraction of sp³-hybridized carbons (Fsp3) is 0.100. The molecular formula is C20H14N2O4S4. The van der Waals surface area contributed by atoms with Crippen LogP contribution in [0.4, 0.5) is 11.4 Å². The van der Waals surface area contributed by atoms with Gasteiger partial charge in [0.15, 0.2) is 8.64 Å². The number of nitrogens with zero attached hydrogens (tertiary/aromatic N) is 2. The van der Waals surface area contributed by atoms with Gasteiger partial charge in [0.25, 0.3) is 11.8 Å². The Balaban J connectivity index is 1.74. The second-order valence-corrected chi connectivity index (χ2v) is 9.31. The van der Waals surface area contributed by atoms with Crippen LogP contribution in [0.3, 0.4) is 0 Å². The Morgan fingerprint density at radius 2 is 1.07 bits per heavy atom. The number of carbonyl (C=O) groups excluding carboxylic acids is 2. The number of hydrogen-bond donors (Lipinski definition) is 0. The molecule has 6 nitrogen and oxygen atoms in total. The zero-order valence-corrected chi connectivity index (χ0v) is 19.0. The first-order valence-corrected chi connectivity index (χ1v) is 11.1. The fourth-order valence-corrected chi connectivity index (χ4v) is 5.78. The van der Waals surface area contributed by atoms with Crippen LogP contribution in [0.2, 0.25) is 0 Å². The molecule has 2 heterocycles. The van der Waals surface area contributed by atoms with E-state index in [1.54, 1.807) is 48.5 Å². The number of benzene rings is 2. The highest BCUT2D eigenvalue weighted by Gasteiger charge is 2.44. The van der Waals surface area contributed by atoms with Gasteiger partial charge in [-0.2, -0.15) is 0 Å². The third-order valence-corrected chi connectivity index (χ3v) is 7.27. The third kappa shape index (κ3) is 3.39. The van der Waals surface area contributed by atoms with E-state index in [-0.39, 0.29) is 21.6 Å². The number of thioether (sulfide) groups is 2. The van der Waals surface area contributed by atoms with Gasteiger partial charge in [-0.15, -0.1) is 0 Å². The van der Waals surface area contributed by atoms with Crippen molar-refractivity contribution in [2.75, 3.05) is 24.0 Å². The van der Waals surface area contributed by atoms with Gasteiger partial charge >= 0.3 is 0 Å². The van der Waals surface area contributed by atoms with E-state index in [0.29, 0.717) is 31.5 Å². The van der Waals surface area contributed by atoms with Crippen LogP contribution in [0.1, 0.15) is 0 Å². The minimum Gasteiger partial charge on any atom is -0.495 e. The van der Waals surface area contributed by atoms with Gasteiger partial charge in [-0.3, -0.25) is 19.4 Å². The minimum atomic E-state index is -0.380.